The van der Waals surface area contributed by atoms with E-state index in [4.69, 9.17) is 0 Å². The van der Waals surface area contributed by atoms with Crippen LogP contribution in [-0.4, -0.2) is 32.2 Å². The van der Waals surface area contributed by atoms with Crippen LogP contribution in [0, 0.1) is 0 Å². The molecular formula is C10H14N2O2. The molecule has 4 nitrogen and oxygen atoms in total. The van der Waals surface area contributed by atoms with Crippen molar-refractivity contribution in [2.45, 2.75) is 6.42 Å². The van der Waals surface area contributed by atoms with Crippen molar-refractivity contribution in [3.8, 4) is 0 Å². The van der Waals surface area contributed by atoms with Gasteiger partial charge in [-0.05, 0) is 12.1 Å². The first kappa shape index (κ1) is 10.5. The summed E-state index contributed by atoms with van der Waals surface area (Å²) in [6.07, 6.45) is 1.89. The van der Waals surface area contributed by atoms with E-state index in [1.54, 1.807) is 6.20 Å². The molecule has 0 aliphatic rings. The molecule has 1 aromatic heterocycles. The van der Waals surface area contributed by atoms with Crippen molar-refractivity contribution in [3.63, 3.8) is 0 Å². The summed E-state index contributed by atoms with van der Waals surface area (Å²) < 4.78 is 4.59. The minimum absolute atomic E-state index is 0.213. The third-order valence-corrected chi connectivity index (χ3v) is 1.89. The SMILES string of the molecule is COC(=O)Cc1ncccc1N(C)C. The molecule has 0 aromatic carbocycles. The van der Waals surface area contributed by atoms with Crippen molar-refractivity contribution in [1.82, 2.24) is 4.98 Å². The predicted molar refractivity (Wildman–Crippen MR) is 54.3 cm³/mol. The van der Waals surface area contributed by atoms with Crippen molar-refractivity contribution in [2.24, 2.45) is 0 Å². The van der Waals surface area contributed by atoms with Gasteiger partial charge in [0.2, 0.25) is 0 Å². The Morgan fingerprint density at radius 2 is 2.29 bits per heavy atom. The normalized spacial score (nSPS) is 9.64. The lowest BCUT2D eigenvalue weighted by Gasteiger charge is -2.15. The molecular weight excluding hydrogens is 180 g/mol. The molecule has 0 aliphatic heterocycles. The van der Waals surface area contributed by atoms with E-state index >= 15 is 0 Å². The highest BCUT2D eigenvalue weighted by Crippen LogP contribution is 2.15. The highest BCUT2D eigenvalue weighted by atomic mass is 16.5. The molecule has 0 radical (unpaired) electrons. The number of nitrogens with zero attached hydrogens (tertiary/aromatic N) is 2. The summed E-state index contributed by atoms with van der Waals surface area (Å²) in [5.41, 5.74) is 1.68. The molecule has 0 N–H and O–H groups in total. The molecule has 0 amide bonds. The van der Waals surface area contributed by atoms with Crippen LogP contribution < -0.4 is 4.90 Å². The second-order valence-electron chi connectivity index (χ2n) is 3.12. The summed E-state index contributed by atoms with van der Waals surface area (Å²) in [5, 5.41) is 0. The van der Waals surface area contributed by atoms with E-state index in [2.05, 4.69) is 9.72 Å². The highest BCUT2D eigenvalue weighted by Gasteiger charge is 2.09. The van der Waals surface area contributed by atoms with Crippen LogP contribution >= 0.6 is 0 Å². The predicted octanol–water partition coefficient (Wildman–Crippen LogP) is 0.863. The smallest absolute Gasteiger partial charge is 0.311 e. The van der Waals surface area contributed by atoms with Crippen LogP contribution in [0.5, 0.6) is 0 Å². The van der Waals surface area contributed by atoms with Crippen molar-refractivity contribution in [2.75, 3.05) is 26.1 Å². The lowest BCUT2D eigenvalue weighted by molar-refractivity contribution is -0.139. The fourth-order valence-corrected chi connectivity index (χ4v) is 1.18. The van der Waals surface area contributed by atoms with Gasteiger partial charge >= 0.3 is 5.97 Å². The van der Waals surface area contributed by atoms with Gasteiger partial charge in [0, 0.05) is 20.3 Å². The van der Waals surface area contributed by atoms with Crippen LogP contribution in [0.2, 0.25) is 0 Å². The van der Waals surface area contributed by atoms with Crippen LogP contribution in [0.4, 0.5) is 5.69 Å². The minimum atomic E-state index is -0.271. The second-order valence-corrected chi connectivity index (χ2v) is 3.12. The van der Waals surface area contributed by atoms with Gasteiger partial charge in [-0.15, -0.1) is 0 Å². The number of ether oxygens (including phenoxy) is 1. The number of anilines is 1. The Morgan fingerprint density at radius 3 is 2.86 bits per heavy atom. The molecule has 0 bridgehead atoms. The standard InChI is InChI=1S/C10H14N2O2/c1-12(2)9-5-4-6-11-8(9)7-10(13)14-3/h4-6H,7H2,1-3H3. The largest absolute Gasteiger partial charge is 0.469 e. The average molecular weight is 194 g/mol. The first-order chi connectivity index (χ1) is 6.65. The molecule has 0 spiro atoms. The number of carbonyl (C=O) groups excluding carboxylic acids is 1. The highest BCUT2D eigenvalue weighted by molar-refractivity contribution is 5.74. The van der Waals surface area contributed by atoms with Crippen molar-refractivity contribution >= 4 is 11.7 Å². The quantitative estimate of drug-likeness (QED) is 0.669. The zero-order valence-corrected chi connectivity index (χ0v) is 8.65. The molecule has 1 heterocycles. The summed E-state index contributed by atoms with van der Waals surface area (Å²) in [5.74, 6) is -0.271. The van der Waals surface area contributed by atoms with E-state index in [1.807, 2.05) is 31.1 Å². The zero-order valence-electron chi connectivity index (χ0n) is 8.65. The Morgan fingerprint density at radius 1 is 1.57 bits per heavy atom. The van der Waals surface area contributed by atoms with Gasteiger partial charge in [-0.2, -0.15) is 0 Å². The van der Waals surface area contributed by atoms with Crippen molar-refractivity contribution < 1.29 is 9.53 Å². The first-order valence-electron chi connectivity index (χ1n) is 4.33. The van der Waals surface area contributed by atoms with Gasteiger partial charge in [-0.25, -0.2) is 0 Å². The lowest BCUT2D eigenvalue weighted by Crippen LogP contribution is -2.15. The van der Waals surface area contributed by atoms with E-state index in [1.165, 1.54) is 7.11 Å². The summed E-state index contributed by atoms with van der Waals surface area (Å²) in [7, 11) is 5.20. The van der Waals surface area contributed by atoms with Crippen LogP contribution in [0.15, 0.2) is 18.3 Å². The van der Waals surface area contributed by atoms with E-state index in [0.29, 0.717) is 0 Å². The Balaban J connectivity index is 2.90. The maximum absolute atomic E-state index is 11.1. The summed E-state index contributed by atoms with van der Waals surface area (Å²) in [6.45, 7) is 0. The molecule has 1 aromatic rings. The van der Waals surface area contributed by atoms with Crippen molar-refractivity contribution in [3.05, 3.63) is 24.0 Å². The lowest BCUT2D eigenvalue weighted by atomic mass is 10.2. The molecule has 0 aliphatic carbocycles. The minimum Gasteiger partial charge on any atom is -0.469 e. The van der Waals surface area contributed by atoms with Crippen LogP contribution in [0.1, 0.15) is 5.69 Å². The Labute approximate surface area is 83.5 Å². The van der Waals surface area contributed by atoms with E-state index < -0.39 is 0 Å². The molecule has 4 heteroatoms. The van der Waals surface area contributed by atoms with E-state index in [0.717, 1.165) is 11.4 Å². The van der Waals surface area contributed by atoms with Gasteiger partial charge in [0.15, 0.2) is 0 Å². The summed E-state index contributed by atoms with van der Waals surface area (Å²) in [4.78, 5) is 17.1. The van der Waals surface area contributed by atoms with E-state index in [-0.39, 0.29) is 12.4 Å². The molecule has 0 fully saturated rings. The number of pyridine rings is 1. The Kier molecular flexibility index (Phi) is 3.45. The Hall–Kier alpha value is -1.58. The third-order valence-electron chi connectivity index (χ3n) is 1.89. The van der Waals surface area contributed by atoms with Gasteiger partial charge < -0.3 is 9.64 Å². The molecule has 0 unspecified atom stereocenters. The van der Waals surface area contributed by atoms with Crippen LogP contribution in [-0.2, 0) is 16.0 Å². The number of rotatable bonds is 3. The van der Waals surface area contributed by atoms with Gasteiger partial charge in [-0.1, -0.05) is 0 Å². The van der Waals surface area contributed by atoms with Gasteiger partial charge in [0.25, 0.3) is 0 Å². The third kappa shape index (κ3) is 2.45. The average Bonchev–Trinajstić information content (AvgIpc) is 2.18. The number of methoxy groups -OCH3 is 1. The fraction of sp³-hybridized carbons (Fsp3) is 0.400. The molecule has 76 valence electrons. The monoisotopic (exact) mass is 194 g/mol. The van der Waals surface area contributed by atoms with Gasteiger partial charge in [0.1, 0.15) is 0 Å². The topological polar surface area (TPSA) is 42.4 Å². The number of esters is 1. The number of carbonyl (C=O) groups is 1. The number of hydrogen-bond acceptors (Lipinski definition) is 4. The van der Waals surface area contributed by atoms with Crippen LogP contribution in [0.3, 0.4) is 0 Å². The zero-order chi connectivity index (χ0) is 10.6. The molecule has 14 heavy (non-hydrogen) atoms. The first-order valence-corrected chi connectivity index (χ1v) is 4.33. The van der Waals surface area contributed by atoms with Gasteiger partial charge in [-0.3, -0.25) is 9.78 Å². The molecule has 0 atom stereocenters. The van der Waals surface area contributed by atoms with Gasteiger partial charge in [0.05, 0.1) is 24.9 Å². The molecule has 0 saturated carbocycles. The number of hydrogen-bond donors (Lipinski definition) is 0. The number of aromatic nitrogens is 1. The maximum atomic E-state index is 11.1. The van der Waals surface area contributed by atoms with Crippen molar-refractivity contribution in [1.29, 1.82) is 0 Å². The second kappa shape index (κ2) is 4.60. The Bertz CT molecular complexity index is 324. The maximum Gasteiger partial charge on any atom is 0.311 e. The molecule has 1 rings (SSSR count). The van der Waals surface area contributed by atoms with E-state index in [9.17, 15) is 4.79 Å². The summed E-state index contributed by atoms with van der Waals surface area (Å²) in [6, 6.07) is 3.77. The van der Waals surface area contributed by atoms with Crippen LogP contribution in [0.25, 0.3) is 0 Å². The fourth-order valence-electron chi connectivity index (χ4n) is 1.18. The summed E-state index contributed by atoms with van der Waals surface area (Å²) >= 11 is 0. The molecule has 0 saturated heterocycles.